The van der Waals surface area contributed by atoms with Crippen LogP contribution in [-0.2, 0) is 14.3 Å². The van der Waals surface area contributed by atoms with Crippen molar-refractivity contribution in [2.24, 2.45) is 0 Å². The van der Waals surface area contributed by atoms with Crippen molar-refractivity contribution < 1.29 is 14.3 Å². The van der Waals surface area contributed by atoms with Crippen molar-refractivity contribution >= 4 is 22.6 Å². The first-order valence-electron chi connectivity index (χ1n) is 8.63. The third kappa shape index (κ3) is 2.81. The van der Waals surface area contributed by atoms with Gasteiger partial charge in [-0.1, -0.05) is 36.4 Å². The molecule has 0 N–H and O–H groups in total. The van der Waals surface area contributed by atoms with Crippen molar-refractivity contribution in [2.45, 2.75) is 25.8 Å². The highest BCUT2D eigenvalue weighted by Gasteiger charge is 2.43. The zero-order chi connectivity index (χ0) is 17.4. The van der Waals surface area contributed by atoms with Gasteiger partial charge in [0.05, 0.1) is 12.6 Å². The number of carbonyl (C=O) groups is 2. The van der Waals surface area contributed by atoms with E-state index in [0.29, 0.717) is 26.0 Å². The quantitative estimate of drug-likeness (QED) is 0.638. The maximum absolute atomic E-state index is 12.3. The number of carbonyl (C=O) groups excluding carboxylic acids is 2. The fourth-order valence-corrected chi connectivity index (χ4v) is 3.71. The number of hydrogen-bond acceptors (Lipinski definition) is 4. The first kappa shape index (κ1) is 15.8. The zero-order valence-corrected chi connectivity index (χ0v) is 14.1. The van der Waals surface area contributed by atoms with Crippen LogP contribution in [0.5, 0.6) is 0 Å². The summed E-state index contributed by atoms with van der Waals surface area (Å²) in [6.07, 6.45) is 2.56. The molecule has 2 aliphatic rings. The van der Waals surface area contributed by atoms with Gasteiger partial charge in [-0.25, -0.2) is 14.8 Å². The molecule has 0 spiro atoms. The maximum atomic E-state index is 12.3. The molecule has 2 saturated heterocycles. The van der Waals surface area contributed by atoms with Crippen LogP contribution in [0, 0.1) is 0 Å². The van der Waals surface area contributed by atoms with Crippen LogP contribution in [0.15, 0.2) is 54.2 Å². The van der Waals surface area contributed by atoms with E-state index in [-0.39, 0.29) is 11.9 Å². The minimum absolute atomic E-state index is 0.0406. The van der Waals surface area contributed by atoms with Crippen molar-refractivity contribution in [1.82, 2.24) is 10.0 Å². The number of amides is 1. The summed E-state index contributed by atoms with van der Waals surface area (Å²) in [4.78, 5) is 24.1. The van der Waals surface area contributed by atoms with Gasteiger partial charge < -0.3 is 4.74 Å². The van der Waals surface area contributed by atoms with E-state index in [2.05, 4.69) is 35.3 Å². The fraction of sp³-hybridized carbons (Fsp3) is 0.300. The number of fused-ring (bicyclic) bond motifs is 2. The van der Waals surface area contributed by atoms with Crippen LogP contribution in [0.4, 0.5) is 0 Å². The highest BCUT2D eigenvalue weighted by atomic mass is 16.5. The summed E-state index contributed by atoms with van der Waals surface area (Å²) in [5.41, 5.74) is 1.88. The Morgan fingerprint density at radius 1 is 1.24 bits per heavy atom. The molecule has 0 aromatic heterocycles. The first-order valence-corrected chi connectivity index (χ1v) is 8.63. The van der Waals surface area contributed by atoms with Gasteiger partial charge in [-0.3, -0.25) is 4.79 Å². The minimum atomic E-state index is -0.392. The van der Waals surface area contributed by atoms with Crippen molar-refractivity contribution in [2.75, 3.05) is 13.2 Å². The summed E-state index contributed by atoms with van der Waals surface area (Å²) < 4.78 is 5.01. The van der Waals surface area contributed by atoms with E-state index in [1.54, 1.807) is 11.9 Å². The molecule has 0 saturated carbocycles. The van der Waals surface area contributed by atoms with Gasteiger partial charge in [0.2, 0.25) is 5.91 Å². The smallest absolute Gasteiger partial charge is 0.332 e. The Balaban J connectivity index is 1.69. The van der Waals surface area contributed by atoms with Crippen molar-refractivity contribution in [3.05, 3.63) is 59.8 Å². The molecular weight excluding hydrogens is 316 g/mol. The summed E-state index contributed by atoms with van der Waals surface area (Å²) in [6.45, 7) is 2.78. The lowest BCUT2D eigenvalue weighted by Gasteiger charge is -2.25. The van der Waals surface area contributed by atoms with Gasteiger partial charge in [0, 0.05) is 31.2 Å². The summed E-state index contributed by atoms with van der Waals surface area (Å²) in [6, 6.07) is 14.7. The fourth-order valence-electron chi connectivity index (χ4n) is 3.71. The Kier molecular flexibility index (Phi) is 4.01. The molecule has 2 aromatic carbocycles. The van der Waals surface area contributed by atoms with E-state index in [1.807, 2.05) is 12.1 Å². The lowest BCUT2D eigenvalue weighted by atomic mass is 9.99. The number of benzene rings is 2. The van der Waals surface area contributed by atoms with Crippen molar-refractivity contribution in [1.29, 1.82) is 0 Å². The normalized spacial score (nSPS) is 22.0. The topological polar surface area (TPSA) is 49.9 Å². The second-order valence-electron chi connectivity index (χ2n) is 6.33. The van der Waals surface area contributed by atoms with Gasteiger partial charge in [-0.2, -0.15) is 0 Å². The predicted octanol–water partition coefficient (Wildman–Crippen LogP) is 3.18. The Morgan fingerprint density at radius 3 is 2.84 bits per heavy atom. The van der Waals surface area contributed by atoms with E-state index in [0.717, 1.165) is 11.3 Å². The number of nitrogens with zero attached hydrogens (tertiary/aromatic N) is 2. The molecule has 1 unspecified atom stereocenters. The van der Waals surface area contributed by atoms with E-state index < -0.39 is 5.97 Å². The van der Waals surface area contributed by atoms with Crippen molar-refractivity contribution in [3.8, 4) is 0 Å². The molecule has 1 amide bonds. The third-order valence-electron chi connectivity index (χ3n) is 4.81. The average Bonchev–Trinajstić information content (AvgIpc) is 3.16. The standard InChI is InChI=1S/C20H20N2O3/c1-2-25-20(24)13-17-12-18(21-10-9-19(23)22(17)21)16-8-7-14-5-3-4-6-15(14)11-16/h3-8,11,13,18H,2,9-10,12H2,1H3/b17-13-. The van der Waals surface area contributed by atoms with Gasteiger partial charge in [-0.05, 0) is 29.3 Å². The van der Waals surface area contributed by atoms with Crippen LogP contribution in [0.2, 0.25) is 0 Å². The molecule has 5 nitrogen and oxygen atoms in total. The number of ether oxygens (including phenoxy) is 1. The summed E-state index contributed by atoms with van der Waals surface area (Å²) in [5.74, 6) is -0.352. The Morgan fingerprint density at radius 2 is 2.04 bits per heavy atom. The lowest BCUT2D eigenvalue weighted by Crippen LogP contribution is -2.32. The molecule has 2 heterocycles. The van der Waals surface area contributed by atoms with Gasteiger partial charge in [0.25, 0.3) is 0 Å². The van der Waals surface area contributed by atoms with Crippen LogP contribution < -0.4 is 0 Å². The summed E-state index contributed by atoms with van der Waals surface area (Å²) >= 11 is 0. The van der Waals surface area contributed by atoms with Crippen LogP contribution in [0.3, 0.4) is 0 Å². The van der Waals surface area contributed by atoms with E-state index in [9.17, 15) is 9.59 Å². The number of rotatable bonds is 3. The molecule has 4 rings (SSSR count). The molecule has 1 atom stereocenters. The monoisotopic (exact) mass is 336 g/mol. The van der Waals surface area contributed by atoms with E-state index in [1.165, 1.54) is 16.8 Å². The molecule has 25 heavy (non-hydrogen) atoms. The van der Waals surface area contributed by atoms with Crippen LogP contribution in [0.1, 0.15) is 31.4 Å². The van der Waals surface area contributed by atoms with Crippen LogP contribution in [-0.4, -0.2) is 35.0 Å². The zero-order valence-electron chi connectivity index (χ0n) is 14.1. The van der Waals surface area contributed by atoms with Gasteiger partial charge in [-0.15, -0.1) is 0 Å². The minimum Gasteiger partial charge on any atom is -0.463 e. The summed E-state index contributed by atoms with van der Waals surface area (Å²) in [7, 11) is 0. The molecule has 0 aliphatic carbocycles. The second-order valence-corrected chi connectivity index (χ2v) is 6.33. The molecule has 2 fully saturated rings. The van der Waals surface area contributed by atoms with Gasteiger partial charge >= 0.3 is 5.97 Å². The molecule has 128 valence electrons. The SMILES string of the molecule is CCOC(=O)/C=C1/CC(c2ccc3ccccc3c2)N2CCC(=O)N12. The van der Waals surface area contributed by atoms with Crippen LogP contribution >= 0.6 is 0 Å². The highest BCUT2D eigenvalue weighted by Crippen LogP contribution is 2.42. The first-order chi connectivity index (χ1) is 12.2. The van der Waals surface area contributed by atoms with Gasteiger partial charge in [0.15, 0.2) is 0 Å². The third-order valence-corrected chi connectivity index (χ3v) is 4.81. The van der Waals surface area contributed by atoms with Crippen LogP contribution in [0.25, 0.3) is 10.8 Å². The summed E-state index contributed by atoms with van der Waals surface area (Å²) in [5, 5.41) is 6.11. The van der Waals surface area contributed by atoms with Crippen molar-refractivity contribution in [3.63, 3.8) is 0 Å². The average molecular weight is 336 g/mol. The van der Waals surface area contributed by atoms with Gasteiger partial charge in [0.1, 0.15) is 0 Å². The van der Waals surface area contributed by atoms with E-state index >= 15 is 0 Å². The predicted molar refractivity (Wildman–Crippen MR) is 94.2 cm³/mol. The molecular formula is C20H20N2O3. The Hall–Kier alpha value is -2.66. The molecule has 0 bridgehead atoms. The largest absolute Gasteiger partial charge is 0.463 e. The lowest BCUT2D eigenvalue weighted by molar-refractivity contribution is -0.137. The maximum Gasteiger partial charge on any atom is 0.332 e. The molecule has 2 aromatic rings. The number of hydrogen-bond donors (Lipinski definition) is 0. The molecule has 2 aliphatic heterocycles. The Labute approximate surface area is 146 Å². The molecule has 5 heteroatoms. The second kappa shape index (κ2) is 6.33. The highest BCUT2D eigenvalue weighted by molar-refractivity contribution is 5.86. The number of esters is 1. The Bertz CT molecular complexity index is 874. The molecule has 0 radical (unpaired) electrons. The number of hydrazine groups is 1. The van der Waals surface area contributed by atoms with E-state index in [4.69, 9.17) is 4.74 Å².